The molecule has 1 unspecified atom stereocenters. The maximum atomic E-state index is 14.8. The highest BCUT2D eigenvalue weighted by atomic mass is 19.4. The van der Waals surface area contributed by atoms with E-state index in [1.807, 2.05) is 0 Å². The van der Waals surface area contributed by atoms with Crippen molar-refractivity contribution in [2.75, 3.05) is 0 Å². The molecule has 0 heterocycles. The largest absolute Gasteiger partial charge is 0.420 e. The topological polar surface area (TPSA) is 20.2 Å². The van der Waals surface area contributed by atoms with E-state index in [4.69, 9.17) is 0 Å². The van der Waals surface area contributed by atoms with Gasteiger partial charge < -0.3 is 5.11 Å². The molecule has 0 bridgehead atoms. The number of aliphatic hydroxyl groups is 1. The van der Waals surface area contributed by atoms with Crippen LogP contribution in [0, 0.1) is 0 Å². The zero-order valence-electron chi connectivity index (χ0n) is 10.8. The lowest BCUT2D eigenvalue weighted by Gasteiger charge is -2.42. The van der Waals surface area contributed by atoms with E-state index >= 15 is 0 Å². The Bertz CT molecular complexity index is 254. The fourth-order valence-electron chi connectivity index (χ4n) is 2.83. The third-order valence-electron chi connectivity index (χ3n) is 4.12. The molecule has 1 rings (SSSR count). The first kappa shape index (κ1) is 15.7. The Morgan fingerprint density at radius 1 is 0.944 bits per heavy atom. The molecule has 0 aromatic heterocycles. The molecule has 0 spiro atoms. The van der Waals surface area contributed by atoms with E-state index < -0.39 is 23.9 Å². The van der Waals surface area contributed by atoms with Crippen LogP contribution < -0.4 is 0 Å². The maximum Gasteiger partial charge on any atom is 0.420 e. The number of hydrogen-bond donors (Lipinski definition) is 1. The Kier molecular flexibility index (Phi) is 5.04. The Morgan fingerprint density at radius 3 is 1.67 bits per heavy atom. The lowest BCUT2D eigenvalue weighted by atomic mass is 9.75. The first-order valence-corrected chi connectivity index (χ1v) is 6.75. The molecule has 0 aromatic carbocycles. The summed E-state index contributed by atoms with van der Waals surface area (Å²) in [5, 5.41) is 9.85. The molecular formula is C13H22F4O. The van der Waals surface area contributed by atoms with Crippen LogP contribution in [0.1, 0.15) is 64.7 Å². The molecule has 1 nitrogen and oxygen atoms in total. The zero-order valence-corrected chi connectivity index (χ0v) is 10.8. The van der Waals surface area contributed by atoms with Gasteiger partial charge in [0.25, 0.3) is 0 Å². The molecule has 1 fully saturated rings. The minimum atomic E-state index is -4.91. The van der Waals surface area contributed by atoms with Crippen molar-refractivity contribution in [3.63, 3.8) is 0 Å². The Labute approximate surface area is 106 Å². The fraction of sp³-hybridized carbons (Fsp3) is 1.00. The van der Waals surface area contributed by atoms with Gasteiger partial charge in [0, 0.05) is 0 Å². The van der Waals surface area contributed by atoms with Crippen LogP contribution in [-0.2, 0) is 0 Å². The molecule has 0 radical (unpaired) electrons. The molecule has 1 atom stereocenters. The van der Waals surface area contributed by atoms with Crippen molar-refractivity contribution < 1.29 is 22.7 Å². The first-order chi connectivity index (χ1) is 8.27. The van der Waals surface area contributed by atoms with Gasteiger partial charge in [-0.05, 0) is 19.3 Å². The summed E-state index contributed by atoms with van der Waals surface area (Å²) in [7, 11) is 0. The van der Waals surface area contributed by atoms with Gasteiger partial charge in [-0.15, -0.1) is 0 Å². The van der Waals surface area contributed by atoms with Crippen molar-refractivity contribution in [3.05, 3.63) is 0 Å². The molecule has 1 aliphatic rings. The van der Waals surface area contributed by atoms with Gasteiger partial charge in [-0.3, -0.25) is 0 Å². The zero-order chi connectivity index (χ0) is 13.9. The van der Waals surface area contributed by atoms with Crippen LogP contribution in [0.4, 0.5) is 17.6 Å². The first-order valence-electron chi connectivity index (χ1n) is 6.75. The molecule has 0 saturated heterocycles. The highest BCUT2D eigenvalue weighted by Gasteiger charge is 2.65. The van der Waals surface area contributed by atoms with Crippen LogP contribution in [0.25, 0.3) is 0 Å². The summed E-state index contributed by atoms with van der Waals surface area (Å²) in [5.41, 5.74) is -5.74. The van der Waals surface area contributed by atoms with E-state index in [2.05, 4.69) is 0 Å². The summed E-state index contributed by atoms with van der Waals surface area (Å²) in [6.45, 7) is 1.20. The van der Waals surface area contributed by atoms with E-state index in [0.717, 1.165) is 25.7 Å². The van der Waals surface area contributed by atoms with Gasteiger partial charge in [0.2, 0.25) is 0 Å². The fourth-order valence-corrected chi connectivity index (χ4v) is 2.83. The second-order valence-corrected chi connectivity index (χ2v) is 5.30. The molecule has 5 heteroatoms. The van der Waals surface area contributed by atoms with Crippen molar-refractivity contribution in [2.24, 2.45) is 0 Å². The average molecular weight is 270 g/mol. The van der Waals surface area contributed by atoms with Gasteiger partial charge in [0.15, 0.2) is 5.60 Å². The van der Waals surface area contributed by atoms with Gasteiger partial charge in [-0.1, -0.05) is 45.4 Å². The van der Waals surface area contributed by atoms with E-state index in [0.29, 0.717) is 12.8 Å². The van der Waals surface area contributed by atoms with Gasteiger partial charge in [-0.2, -0.15) is 13.2 Å². The van der Waals surface area contributed by atoms with Crippen LogP contribution in [-0.4, -0.2) is 22.6 Å². The lowest BCUT2D eigenvalue weighted by Crippen LogP contribution is -2.60. The van der Waals surface area contributed by atoms with Crippen LogP contribution in [0.5, 0.6) is 0 Å². The monoisotopic (exact) mass is 270 g/mol. The summed E-state index contributed by atoms with van der Waals surface area (Å²) in [4.78, 5) is 0. The lowest BCUT2D eigenvalue weighted by molar-refractivity contribution is -0.308. The van der Waals surface area contributed by atoms with Gasteiger partial charge >= 0.3 is 6.18 Å². The summed E-state index contributed by atoms with van der Waals surface area (Å²) < 4.78 is 53.7. The standard InChI is InChI=1S/C13H22F4O/c1-2-12(18,13(15,16)17)11(14)9-7-5-3-4-6-8-10-11/h18H,2-10H2,1H3. The minimum absolute atomic E-state index is 0.198. The Hall–Kier alpha value is -0.320. The van der Waals surface area contributed by atoms with Crippen LogP contribution in [0.3, 0.4) is 0 Å². The van der Waals surface area contributed by atoms with Crippen molar-refractivity contribution in [1.29, 1.82) is 0 Å². The third-order valence-corrected chi connectivity index (χ3v) is 4.12. The van der Waals surface area contributed by atoms with E-state index in [-0.39, 0.29) is 12.8 Å². The Morgan fingerprint density at radius 2 is 1.33 bits per heavy atom. The highest BCUT2D eigenvalue weighted by molar-refractivity contribution is 5.04. The predicted octanol–water partition coefficient (Wildman–Crippen LogP) is 4.53. The van der Waals surface area contributed by atoms with Crippen LogP contribution >= 0.6 is 0 Å². The molecule has 108 valence electrons. The third kappa shape index (κ3) is 2.98. The summed E-state index contributed by atoms with van der Waals surface area (Å²) >= 11 is 0. The number of halogens is 4. The predicted molar refractivity (Wildman–Crippen MR) is 62.1 cm³/mol. The molecular weight excluding hydrogens is 248 g/mol. The Balaban J connectivity index is 2.97. The minimum Gasteiger partial charge on any atom is -0.378 e. The number of rotatable bonds is 2. The average Bonchev–Trinajstić information content (AvgIpc) is 2.39. The molecule has 1 saturated carbocycles. The van der Waals surface area contributed by atoms with Gasteiger partial charge in [-0.25, -0.2) is 4.39 Å². The summed E-state index contributed by atoms with van der Waals surface area (Å²) in [5.74, 6) is 0. The van der Waals surface area contributed by atoms with Crippen LogP contribution in [0.15, 0.2) is 0 Å². The summed E-state index contributed by atoms with van der Waals surface area (Å²) in [6.07, 6.45) is -1.76. The molecule has 0 amide bonds. The van der Waals surface area contributed by atoms with Crippen molar-refractivity contribution >= 4 is 0 Å². The van der Waals surface area contributed by atoms with Gasteiger partial charge in [0.05, 0.1) is 0 Å². The van der Waals surface area contributed by atoms with Crippen molar-refractivity contribution in [3.8, 4) is 0 Å². The highest BCUT2D eigenvalue weighted by Crippen LogP contribution is 2.48. The van der Waals surface area contributed by atoms with Gasteiger partial charge in [0.1, 0.15) is 5.67 Å². The van der Waals surface area contributed by atoms with Crippen molar-refractivity contribution in [1.82, 2.24) is 0 Å². The molecule has 0 aromatic rings. The number of hydrogen-bond acceptors (Lipinski definition) is 1. The van der Waals surface area contributed by atoms with E-state index in [1.54, 1.807) is 0 Å². The quantitative estimate of drug-likeness (QED) is 0.731. The number of alkyl halides is 4. The smallest absolute Gasteiger partial charge is 0.378 e. The van der Waals surface area contributed by atoms with E-state index in [1.165, 1.54) is 6.92 Å². The van der Waals surface area contributed by atoms with Crippen molar-refractivity contribution in [2.45, 2.75) is 82.2 Å². The van der Waals surface area contributed by atoms with Crippen LogP contribution in [0.2, 0.25) is 0 Å². The van der Waals surface area contributed by atoms with E-state index in [9.17, 15) is 22.7 Å². The molecule has 1 aliphatic carbocycles. The molecule has 18 heavy (non-hydrogen) atoms. The SMILES string of the molecule is CCC(O)(C(F)(F)F)C1(F)CCCCCCCC1. The summed E-state index contributed by atoms with van der Waals surface area (Å²) in [6, 6.07) is 0. The second-order valence-electron chi connectivity index (χ2n) is 5.30. The second kappa shape index (κ2) is 5.76. The maximum absolute atomic E-state index is 14.8. The normalized spacial score (nSPS) is 25.7. The molecule has 0 aliphatic heterocycles. The molecule has 1 N–H and O–H groups in total.